The average molecular weight is 268 g/mol. The number of carbonyl (C=O) groups excluding carboxylic acids is 1. The van der Waals surface area contributed by atoms with Crippen LogP contribution in [-0.4, -0.2) is 24.9 Å². The van der Waals surface area contributed by atoms with Gasteiger partial charge < -0.3 is 10.2 Å². The molecule has 104 valence electrons. The SMILES string of the molecule is CNc1ccccc1C(=O)N(C)Cc1cccc(C)c1. The van der Waals surface area contributed by atoms with Gasteiger partial charge in [0, 0.05) is 26.3 Å². The number of nitrogens with zero attached hydrogens (tertiary/aromatic N) is 1. The molecule has 0 heterocycles. The quantitative estimate of drug-likeness (QED) is 0.922. The standard InChI is InChI=1S/C17H20N2O/c1-13-7-6-8-14(11-13)12-19(3)17(20)15-9-4-5-10-16(15)18-2/h4-11,18H,12H2,1-3H3. The molecule has 0 radical (unpaired) electrons. The summed E-state index contributed by atoms with van der Waals surface area (Å²) in [5, 5.41) is 3.06. The Morgan fingerprint density at radius 2 is 1.90 bits per heavy atom. The molecule has 3 nitrogen and oxygen atoms in total. The number of hydrogen-bond acceptors (Lipinski definition) is 2. The molecule has 0 saturated carbocycles. The second-order valence-electron chi connectivity index (χ2n) is 4.95. The lowest BCUT2D eigenvalue weighted by atomic mass is 10.1. The predicted octanol–water partition coefficient (Wildman–Crippen LogP) is 3.31. The summed E-state index contributed by atoms with van der Waals surface area (Å²) in [6, 6.07) is 15.8. The van der Waals surface area contributed by atoms with E-state index in [2.05, 4.69) is 24.4 Å². The lowest BCUT2D eigenvalue weighted by Gasteiger charge is -2.19. The first-order valence-corrected chi connectivity index (χ1v) is 6.69. The third-order valence-electron chi connectivity index (χ3n) is 3.28. The van der Waals surface area contributed by atoms with Gasteiger partial charge in [-0.2, -0.15) is 0 Å². The second-order valence-corrected chi connectivity index (χ2v) is 4.95. The lowest BCUT2D eigenvalue weighted by molar-refractivity contribution is 0.0786. The number of anilines is 1. The maximum Gasteiger partial charge on any atom is 0.255 e. The van der Waals surface area contributed by atoms with E-state index < -0.39 is 0 Å². The Morgan fingerprint density at radius 3 is 2.60 bits per heavy atom. The van der Waals surface area contributed by atoms with Gasteiger partial charge in [0.2, 0.25) is 0 Å². The highest BCUT2D eigenvalue weighted by atomic mass is 16.2. The van der Waals surface area contributed by atoms with Gasteiger partial charge in [0.1, 0.15) is 0 Å². The molecule has 0 atom stereocenters. The maximum absolute atomic E-state index is 12.5. The van der Waals surface area contributed by atoms with E-state index in [0.717, 1.165) is 11.3 Å². The zero-order chi connectivity index (χ0) is 14.5. The molecule has 2 rings (SSSR count). The summed E-state index contributed by atoms with van der Waals surface area (Å²) in [7, 11) is 3.66. The molecule has 1 N–H and O–H groups in total. The van der Waals surface area contributed by atoms with Gasteiger partial charge in [-0.15, -0.1) is 0 Å². The van der Waals surface area contributed by atoms with Gasteiger partial charge in [-0.1, -0.05) is 42.0 Å². The molecule has 3 heteroatoms. The molecule has 0 spiro atoms. The van der Waals surface area contributed by atoms with Crippen molar-refractivity contribution in [2.75, 3.05) is 19.4 Å². The minimum atomic E-state index is 0.0245. The van der Waals surface area contributed by atoms with E-state index in [1.54, 1.807) is 4.90 Å². The molecule has 0 aliphatic rings. The van der Waals surface area contributed by atoms with Crippen LogP contribution in [0, 0.1) is 6.92 Å². The van der Waals surface area contributed by atoms with Crippen molar-refractivity contribution in [1.29, 1.82) is 0 Å². The van der Waals surface area contributed by atoms with Crippen LogP contribution >= 0.6 is 0 Å². The fourth-order valence-electron chi connectivity index (χ4n) is 2.25. The lowest BCUT2D eigenvalue weighted by Crippen LogP contribution is -2.26. The van der Waals surface area contributed by atoms with E-state index in [1.807, 2.05) is 50.5 Å². The Labute approximate surface area is 120 Å². The van der Waals surface area contributed by atoms with E-state index in [9.17, 15) is 4.79 Å². The summed E-state index contributed by atoms with van der Waals surface area (Å²) in [6.07, 6.45) is 0. The zero-order valence-corrected chi connectivity index (χ0v) is 12.2. The minimum absolute atomic E-state index is 0.0245. The number of rotatable bonds is 4. The summed E-state index contributed by atoms with van der Waals surface area (Å²) in [5.74, 6) is 0.0245. The molecule has 0 unspecified atom stereocenters. The van der Waals surface area contributed by atoms with Crippen LogP contribution in [0.5, 0.6) is 0 Å². The smallest absolute Gasteiger partial charge is 0.255 e. The molecule has 0 aliphatic heterocycles. The molecule has 20 heavy (non-hydrogen) atoms. The topological polar surface area (TPSA) is 32.3 Å². The monoisotopic (exact) mass is 268 g/mol. The van der Waals surface area contributed by atoms with Crippen LogP contribution in [0.15, 0.2) is 48.5 Å². The highest BCUT2D eigenvalue weighted by Crippen LogP contribution is 2.17. The number of nitrogens with one attached hydrogen (secondary N) is 1. The molecule has 2 aromatic rings. The number of benzene rings is 2. The Bertz CT molecular complexity index is 607. The first-order chi connectivity index (χ1) is 9.61. The number of carbonyl (C=O) groups is 1. The summed E-state index contributed by atoms with van der Waals surface area (Å²) in [6.45, 7) is 2.67. The summed E-state index contributed by atoms with van der Waals surface area (Å²) in [4.78, 5) is 14.2. The number of amides is 1. The van der Waals surface area contributed by atoms with E-state index in [-0.39, 0.29) is 5.91 Å². The predicted molar refractivity (Wildman–Crippen MR) is 83.0 cm³/mol. The fourth-order valence-corrected chi connectivity index (χ4v) is 2.25. The van der Waals surface area contributed by atoms with E-state index in [4.69, 9.17) is 0 Å². The molecule has 0 aromatic heterocycles. The Hall–Kier alpha value is -2.29. The van der Waals surface area contributed by atoms with Crippen LogP contribution in [-0.2, 0) is 6.54 Å². The Kier molecular flexibility index (Phi) is 4.41. The largest absolute Gasteiger partial charge is 0.387 e. The van der Waals surface area contributed by atoms with E-state index in [1.165, 1.54) is 5.56 Å². The van der Waals surface area contributed by atoms with Gasteiger partial charge >= 0.3 is 0 Å². The molecule has 0 bridgehead atoms. The van der Waals surface area contributed by atoms with Crippen LogP contribution in [0.1, 0.15) is 21.5 Å². The van der Waals surface area contributed by atoms with Crippen molar-refractivity contribution in [1.82, 2.24) is 4.90 Å². The molecule has 2 aromatic carbocycles. The van der Waals surface area contributed by atoms with Crippen LogP contribution in [0.3, 0.4) is 0 Å². The molecule has 0 saturated heterocycles. The van der Waals surface area contributed by atoms with Gasteiger partial charge in [-0.3, -0.25) is 4.79 Å². The van der Waals surface area contributed by atoms with Crippen LogP contribution in [0.2, 0.25) is 0 Å². The highest BCUT2D eigenvalue weighted by Gasteiger charge is 2.15. The summed E-state index contributed by atoms with van der Waals surface area (Å²) < 4.78 is 0. The molecular formula is C17H20N2O. The zero-order valence-electron chi connectivity index (χ0n) is 12.2. The van der Waals surface area contributed by atoms with Gasteiger partial charge in [-0.05, 0) is 24.6 Å². The second kappa shape index (κ2) is 6.24. The Morgan fingerprint density at radius 1 is 1.15 bits per heavy atom. The van der Waals surface area contributed by atoms with E-state index in [0.29, 0.717) is 12.1 Å². The normalized spacial score (nSPS) is 10.2. The number of para-hydroxylation sites is 1. The van der Waals surface area contributed by atoms with E-state index >= 15 is 0 Å². The minimum Gasteiger partial charge on any atom is -0.387 e. The highest BCUT2D eigenvalue weighted by molar-refractivity contribution is 5.99. The third-order valence-corrected chi connectivity index (χ3v) is 3.28. The fraction of sp³-hybridized carbons (Fsp3) is 0.235. The average Bonchev–Trinajstić information content (AvgIpc) is 2.46. The van der Waals surface area contributed by atoms with Crippen LogP contribution in [0.25, 0.3) is 0 Å². The van der Waals surface area contributed by atoms with Gasteiger partial charge in [-0.25, -0.2) is 0 Å². The number of aryl methyl sites for hydroxylation is 1. The third kappa shape index (κ3) is 3.18. The van der Waals surface area contributed by atoms with Crippen molar-refractivity contribution in [3.8, 4) is 0 Å². The van der Waals surface area contributed by atoms with Crippen molar-refractivity contribution in [2.24, 2.45) is 0 Å². The van der Waals surface area contributed by atoms with Crippen molar-refractivity contribution in [2.45, 2.75) is 13.5 Å². The van der Waals surface area contributed by atoms with Crippen molar-refractivity contribution >= 4 is 11.6 Å². The molecule has 1 amide bonds. The summed E-state index contributed by atoms with van der Waals surface area (Å²) >= 11 is 0. The molecular weight excluding hydrogens is 248 g/mol. The Balaban J connectivity index is 2.16. The number of hydrogen-bond donors (Lipinski definition) is 1. The van der Waals surface area contributed by atoms with Crippen molar-refractivity contribution in [3.63, 3.8) is 0 Å². The maximum atomic E-state index is 12.5. The summed E-state index contributed by atoms with van der Waals surface area (Å²) in [5.41, 5.74) is 3.90. The first kappa shape index (κ1) is 14.1. The first-order valence-electron chi connectivity index (χ1n) is 6.69. The van der Waals surface area contributed by atoms with Crippen molar-refractivity contribution in [3.05, 3.63) is 65.2 Å². The van der Waals surface area contributed by atoms with Gasteiger partial charge in [0.05, 0.1) is 5.56 Å². The van der Waals surface area contributed by atoms with Gasteiger partial charge in [0.25, 0.3) is 5.91 Å². The molecule has 0 aliphatic carbocycles. The van der Waals surface area contributed by atoms with Crippen LogP contribution < -0.4 is 5.32 Å². The van der Waals surface area contributed by atoms with Crippen molar-refractivity contribution < 1.29 is 4.79 Å². The van der Waals surface area contributed by atoms with Gasteiger partial charge in [0.15, 0.2) is 0 Å². The van der Waals surface area contributed by atoms with Crippen LogP contribution in [0.4, 0.5) is 5.69 Å². The molecule has 0 fully saturated rings.